The topological polar surface area (TPSA) is 48.5 Å². The molecule has 2 heterocycles. The summed E-state index contributed by atoms with van der Waals surface area (Å²) in [5, 5.41) is 3.53. The summed E-state index contributed by atoms with van der Waals surface area (Å²) in [5.41, 5.74) is 2.22. The molecule has 27 heavy (non-hydrogen) atoms. The van der Waals surface area contributed by atoms with Crippen LogP contribution in [0.15, 0.2) is 48.7 Å². The van der Waals surface area contributed by atoms with Crippen LogP contribution in [0.25, 0.3) is 0 Å². The molecule has 1 aromatic heterocycles. The molecule has 0 spiro atoms. The third-order valence-corrected chi connectivity index (χ3v) is 4.82. The van der Waals surface area contributed by atoms with Crippen LogP contribution >= 0.6 is 0 Å². The number of benzene rings is 1. The van der Waals surface area contributed by atoms with Crippen molar-refractivity contribution in [3.63, 3.8) is 0 Å². The Morgan fingerprint density at radius 2 is 1.93 bits per heavy atom. The monoisotopic (exact) mass is 366 g/mol. The van der Waals surface area contributed by atoms with E-state index in [1.165, 1.54) is 5.56 Å². The van der Waals surface area contributed by atoms with Gasteiger partial charge in [-0.05, 0) is 36.1 Å². The lowest BCUT2D eigenvalue weighted by molar-refractivity contribution is -0.119. The zero-order valence-electron chi connectivity index (χ0n) is 16.4. The third kappa shape index (κ3) is 5.30. The van der Waals surface area contributed by atoms with Crippen molar-refractivity contribution < 1.29 is 4.79 Å². The Balaban J connectivity index is 1.82. The smallest absolute Gasteiger partial charge is 0.227 e. The van der Waals surface area contributed by atoms with Crippen LogP contribution in [0.2, 0.25) is 0 Å². The number of amides is 1. The summed E-state index contributed by atoms with van der Waals surface area (Å²) in [6, 6.07) is 14.3. The zero-order valence-corrected chi connectivity index (χ0v) is 16.4. The molecule has 1 amide bonds. The molecule has 1 aliphatic heterocycles. The molecule has 1 aromatic carbocycles. The van der Waals surface area contributed by atoms with Gasteiger partial charge in [0.25, 0.3) is 0 Å². The van der Waals surface area contributed by atoms with Crippen molar-refractivity contribution in [2.75, 3.05) is 36.0 Å². The molecular weight excluding hydrogens is 336 g/mol. The molecule has 5 heteroatoms. The fourth-order valence-electron chi connectivity index (χ4n) is 3.50. The van der Waals surface area contributed by atoms with Crippen LogP contribution in [-0.2, 0) is 11.3 Å². The van der Waals surface area contributed by atoms with E-state index in [1.807, 2.05) is 35.4 Å². The van der Waals surface area contributed by atoms with Gasteiger partial charge in [-0.15, -0.1) is 0 Å². The molecule has 0 atom stereocenters. The van der Waals surface area contributed by atoms with Gasteiger partial charge in [0.2, 0.25) is 5.91 Å². The third-order valence-electron chi connectivity index (χ3n) is 4.82. The van der Waals surface area contributed by atoms with E-state index in [1.54, 1.807) is 0 Å². The van der Waals surface area contributed by atoms with Gasteiger partial charge in [0.15, 0.2) is 0 Å². The highest BCUT2D eigenvalue weighted by molar-refractivity contribution is 5.94. The number of pyridine rings is 1. The molecule has 5 nitrogen and oxygen atoms in total. The van der Waals surface area contributed by atoms with E-state index in [0.717, 1.165) is 50.6 Å². The van der Waals surface area contributed by atoms with E-state index < -0.39 is 0 Å². The van der Waals surface area contributed by atoms with Crippen LogP contribution in [0.3, 0.4) is 0 Å². The summed E-state index contributed by atoms with van der Waals surface area (Å²) in [6.45, 7) is 8.35. The number of carbonyl (C=O) groups excluding carboxylic acids is 1. The van der Waals surface area contributed by atoms with Gasteiger partial charge in [-0.25, -0.2) is 4.98 Å². The van der Waals surface area contributed by atoms with Crippen molar-refractivity contribution >= 4 is 17.4 Å². The summed E-state index contributed by atoms with van der Waals surface area (Å²) in [7, 11) is 0. The molecule has 2 aromatic rings. The number of fused-ring (bicyclic) bond motifs is 1. The van der Waals surface area contributed by atoms with E-state index in [2.05, 4.69) is 47.2 Å². The minimum Gasteiger partial charge on any atom is -0.355 e. The largest absolute Gasteiger partial charge is 0.355 e. The highest BCUT2D eigenvalue weighted by atomic mass is 16.2. The van der Waals surface area contributed by atoms with Gasteiger partial charge in [-0.1, -0.05) is 38.1 Å². The van der Waals surface area contributed by atoms with Gasteiger partial charge in [0.05, 0.1) is 0 Å². The molecule has 0 saturated heterocycles. The second-order valence-corrected chi connectivity index (χ2v) is 7.48. The maximum atomic E-state index is 13.0. The quantitative estimate of drug-likeness (QED) is 0.904. The number of hydrogen-bond donors (Lipinski definition) is 1. The van der Waals surface area contributed by atoms with Crippen LogP contribution in [0, 0.1) is 5.92 Å². The number of nitrogens with one attached hydrogen (secondary N) is 1. The Morgan fingerprint density at radius 1 is 1.11 bits per heavy atom. The van der Waals surface area contributed by atoms with Crippen LogP contribution in [0.5, 0.6) is 0 Å². The van der Waals surface area contributed by atoms with Gasteiger partial charge in [0.1, 0.15) is 5.82 Å². The summed E-state index contributed by atoms with van der Waals surface area (Å²) in [4.78, 5) is 21.7. The molecule has 0 aliphatic carbocycles. The minimum absolute atomic E-state index is 0.209. The van der Waals surface area contributed by atoms with Gasteiger partial charge in [-0.2, -0.15) is 0 Å². The van der Waals surface area contributed by atoms with Crippen molar-refractivity contribution in [1.82, 2.24) is 10.3 Å². The Hall–Kier alpha value is -2.40. The summed E-state index contributed by atoms with van der Waals surface area (Å²) in [6.07, 6.45) is 3.32. The molecular formula is C22H30N4O. The molecule has 0 saturated carbocycles. The lowest BCUT2D eigenvalue weighted by Crippen LogP contribution is -2.36. The second-order valence-electron chi connectivity index (χ2n) is 7.48. The standard InChI is InChI=1S/C22H30N4O/c1-18(2)16-22(27)26-14-7-13-25(21-10-5-6-11-24-21)15-12-23-17-19-8-3-4-9-20(19)26/h3-6,8-11,18,23H,7,12-17H2,1-2H3. The lowest BCUT2D eigenvalue weighted by atomic mass is 10.1. The number of anilines is 2. The summed E-state index contributed by atoms with van der Waals surface area (Å²) >= 11 is 0. The minimum atomic E-state index is 0.209. The fourth-order valence-corrected chi connectivity index (χ4v) is 3.50. The van der Waals surface area contributed by atoms with Gasteiger partial charge in [0, 0.05) is 51.0 Å². The van der Waals surface area contributed by atoms with E-state index >= 15 is 0 Å². The highest BCUT2D eigenvalue weighted by Crippen LogP contribution is 2.23. The normalized spacial score (nSPS) is 16.0. The molecule has 0 fully saturated rings. The first-order valence-electron chi connectivity index (χ1n) is 9.90. The average molecular weight is 367 g/mol. The van der Waals surface area contributed by atoms with Crippen molar-refractivity contribution in [3.05, 3.63) is 54.2 Å². The highest BCUT2D eigenvalue weighted by Gasteiger charge is 2.20. The van der Waals surface area contributed by atoms with Crippen molar-refractivity contribution in [3.8, 4) is 0 Å². The van der Waals surface area contributed by atoms with Crippen LogP contribution in [0.1, 0.15) is 32.3 Å². The van der Waals surface area contributed by atoms with Crippen molar-refractivity contribution in [2.24, 2.45) is 5.92 Å². The van der Waals surface area contributed by atoms with Crippen molar-refractivity contribution in [1.29, 1.82) is 0 Å². The Morgan fingerprint density at radius 3 is 2.70 bits per heavy atom. The molecule has 3 rings (SSSR count). The number of carbonyl (C=O) groups is 1. The Bertz CT molecular complexity index is 732. The molecule has 144 valence electrons. The van der Waals surface area contributed by atoms with E-state index in [4.69, 9.17) is 0 Å². The van der Waals surface area contributed by atoms with Crippen LogP contribution < -0.4 is 15.1 Å². The number of rotatable bonds is 3. The number of nitrogens with zero attached hydrogens (tertiary/aromatic N) is 3. The van der Waals surface area contributed by atoms with E-state index in [0.29, 0.717) is 12.3 Å². The van der Waals surface area contributed by atoms with Crippen LogP contribution in [-0.4, -0.2) is 37.1 Å². The SMILES string of the molecule is CC(C)CC(=O)N1CCCN(c2ccccn2)CCNCc2ccccc21. The van der Waals surface area contributed by atoms with E-state index in [-0.39, 0.29) is 5.91 Å². The maximum Gasteiger partial charge on any atom is 0.227 e. The predicted molar refractivity (Wildman–Crippen MR) is 111 cm³/mol. The van der Waals surface area contributed by atoms with Gasteiger partial charge < -0.3 is 15.1 Å². The molecule has 1 aliphatic rings. The Labute approximate surface area is 162 Å². The molecule has 1 N–H and O–H groups in total. The summed E-state index contributed by atoms with van der Waals surface area (Å²) in [5.74, 6) is 1.56. The lowest BCUT2D eigenvalue weighted by Gasteiger charge is -2.27. The number of para-hydroxylation sites is 1. The predicted octanol–water partition coefficient (Wildman–Crippen LogP) is 3.46. The number of aromatic nitrogens is 1. The Kier molecular flexibility index (Phi) is 6.82. The fraction of sp³-hybridized carbons (Fsp3) is 0.455. The van der Waals surface area contributed by atoms with E-state index in [9.17, 15) is 4.79 Å². The van der Waals surface area contributed by atoms with Crippen molar-refractivity contribution in [2.45, 2.75) is 33.2 Å². The second kappa shape index (κ2) is 9.51. The van der Waals surface area contributed by atoms with Gasteiger partial charge in [-0.3, -0.25) is 4.79 Å². The maximum absolute atomic E-state index is 13.0. The molecule has 0 bridgehead atoms. The first-order valence-corrected chi connectivity index (χ1v) is 9.90. The number of hydrogen-bond acceptors (Lipinski definition) is 4. The average Bonchev–Trinajstić information content (AvgIpc) is 2.71. The zero-order chi connectivity index (χ0) is 19.1. The molecule has 0 unspecified atom stereocenters. The van der Waals surface area contributed by atoms with Crippen LogP contribution in [0.4, 0.5) is 11.5 Å². The first-order chi connectivity index (χ1) is 13.1. The van der Waals surface area contributed by atoms with Gasteiger partial charge >= 0.3 is 0 Å². The molecule has 0 radical (unpaired) electrons. The summed E-state index contributed by atoms with van der Waals surface area (Å²) < 4.78 is 0. The first kappa shape index (κ1) is 19.4.